The summed E-state index contributed by atoms with van der Waals surface area (Å²) in [5, 5.41) is 0. The van der Waals surface area contributed by atoms with Crippen LogP contribution in [0.4, 0.5) is 0 Å². The Hall–Kier alpha value is -2.96. The molecule has 0 radical (unpaired) electrons. The molecule has 0 aromatic heterocycles. The fourth-order valence-corrected chi connectivity index (χ4v) is 4.42. The molecule has 0 amide bonds. The van der Waals surface area contributed by atoms with Gasteiger partial charge in [-0.25, -0.2) is 13.2 Å². The van der Waals surface area contributed by atoms with Crippen LogP contribution in [0.3, 0.4) is 0 Å². The van der Waals surface area contributed by atoms with E-state index in [0.717, 1.165) is 16.7 Å². The molecule has 3 rings (SSSR count). The lowest BCUT2D eigenvalue weighted by Crippen LogP contribution is -2.30. The number of rotatable bonds is 6. The van der Waals surface area contributed by atoms with E-state index in [-0.39, 0.29) is 10.5 Å². The summed E-state index contributed by atoms with van der Waals surface area (Å²) >= 11 is 0. The van der Waals surface area contributed by atoms with E-state index < -0.39 is 22.0 Å². The Morgan fingerprint density at radius 2 is 1.55 bits per heavy atom. The molecular weight excluding hydrogens is 386 g/mol. The largest absolute Gasteiger partial charge is 0.465 e. The number of ether oxygens (including phenoxy) is 1. The molecular formula is C23H23NO4S. The molecule has 0 bridgehead atoms. The smallest absolute Gasteiger partial charge is 0.338 e. The van der Waals surface area contributed by atoms with Crippen molar-refractivity contribution in [1.29, 1.82) is 0 Å². The minimum atomic E-state index is -3.91. The van der Waals surface area contributed by atoms with Gasteiger partial charge >= 0.3 is 5.97 Å². The average Bonchev–Trinajstić information content (AvgIpc) is 2.73. The zero-order valence-electron chi connectivity index (χ0n) is 16.5. The molecule has 0 unspecified atom stereocenters. The second-order valence-electron chi connectivity index (χ2n) is 6.79. The number of nitrogens with one attached hydrogen (secondary N) is 1. The quantitative estimate of drug-likeness (QED) is 0.621. The second kappa shape index (κ2) is 8.59. The summed E-state index contributed by atoms with van der Waals surface area (Å²) in [5.74, 6) is -0.571. The van der Waals surface area contributed by atoms with Crippen LogP contribution in [0, 0.1) is 13.8 Å². The lowest BCUT2D eigenvalue weighted by molar-refractivity contribution is 0.0599. The van der Waals surface area contributed by atoms with E-state index in [9.17, 15) is 13.2 Å². The van der Waals surface area contributed by atoms with Gasteiger partial charge in [0.15, 0.2) is 0 Å². The molecule has 3 aromatic carbocycles. The highest BCUT2D eigenvalue weighted by Gasteiger charge is 2.25. The molecule has 1 atom stereocenters. The monoisotopic (exact) mass is 409 g/mol. The predicted octanol–water partition coefficient (Wildman–Crippen LogP) is 4.16. The minimum absolute atomic E-state index is 0.0121. The molecule has 0 aliphatic carbocycles. The highest BCUT2D eigenvalue weighted by atomic mass is 32.2. The third-order valence-corrected chi connectivity index (χ3v) is 6.25. The van der Waals surface area contributed by atoms with Crippen molar-refractivity contribution in [3.05, 3.63) is 101 Å². The molecule has 0 spiro atoms. The van der Waals surface area contributed by atoms with E-state index in [1.165, 1.54) is 19.2 Å². The zero-order chi connectivity index (χ0) is 21.0. The van der Waals surface area contributed by atoms with Gasteiger partial charge in [0.05, 0.1) is 23.6 Å². The maximum absolute atomic E-state index is 13.2. The van der Waals surface area contributed by atoms with Gasteiger partial charge in [-0.1, -0.05) is 60.7 Å². The summed E-state index contributed by atoms with van der Waals surface area (Å²) < 4.78 is 34.0. The summed E-state index contributed by atoms with van der Waals surface area (Å²) in [6.45, 7) is 3.68. The van der Waals surface area contributed by atoms with Crippen molar-refractivity contribution < 1.29 is 17.9 Å². The lowest BCUT2D eigenvalue weighted by Gasteiger charge is -2.22. The van der Waals surface area contributed by atoms with E-state index in [0.29, 0.717) is 5.56 Å². The van der Waals surface area contributed by atoms with Gasteiger partial charge in [-0.05, 0) is 48.2 Å². The van der Waals surface area contributed by atoms with Gasteiger partial charge in [0.1, 0.15) is 0 Å². The number of sulfonamides is 1. The van der Waals surface area contributed by atoms with Gasteiger partial charge in [-0.15, -0.1) is 0 Å². The van der Waals surface area contributed by atoms with Crippen molar-refractivity contribution >= 4 is 16.0 Å². The number of esters is 1. The van der Waals surface area contributed by atoms with Crippen LogP contribution in [0.1, 0.15) is 38.7 Å². The molecule has 0 heterocycles. The predicted molar refractivity (Wildman–Crippen MR) is 112 cm³/mol. The number of hydrogen-bond donors (Lipinski definition) is 1. The Morgan fingerprint density at radius 1 is 0.897 bits per heavy atom. The molecule has 0 fully saturated rings. The van der Waals surface area contributed by atoms with Crippen molar-refractivity contribution in [3.8, 4) is 0 Å². The number of aryl methyl sites for hydroxylation is 2. The Balaban J connectivity index is 2.06. The Morgan fingerprint density at radius 3 is 2.21 bits per heavy atom. The van der Waals surface area contributed by atoms with Crippen LogP contribution in [0.2, 0.25) is 0 Å². The maximum atomic E-state index is 13.2. The Bertz CT molecular complexity index is 1120. The van der Waals surface area contributed by atoms with E-state index in [2.05, 4.69) is 4.72 Å². The molecule has 5 nitrogen and oxygen atoms in total. The number of methoxy groups -OCH3 is 1. The summed E-state index contributed by atoms with van der Waals surface area (Å²) in [5.41, 5.74) is 3.54. The first kappa shape index (κ1) is 20.8. The van der Waals surface area contributed by atoms with Crippen molar-refractivity contribution in [2.75, 3.05) is 7.11 Å². The molecule has 0 saturated carbocycles. The fourth-order valence-electron chi connectivity index (χ4n) is 3.19. The van der Waals surface area contributed by atoms with Crippen LogP contribution in [0.15, 0.2) is 77.7 Å². The first-order valence-electron chi connectivity index (χ1n) is 9.15. The SMILES string of the molecule is COC(=O)c1cc(S(=O)(=O)N[C@@H](c2ccccc2)c2ccccc2C)ccc1C. The summed E-state index contributed by atoms with van der Waals surface area (Å²) in [4.78, 5) is 12.0. The van der Waals surface area contributed by atoms with Crippen LogP contribution in [0.5, 0.6) is 0 Å². The van der Waals surface area contributed by atoms with E-state index >= 15 is 0 Å². The number of carbonyl (C=O) groups excluding carboxylic acids is 1. The van der Waals surface area contributed by atoms with Gasteiger partial charge in [-0.2, -0.15) is 4.72 Å². The fraction of sp³-hybridized carbons (Fsp3) is 0.174. The van der Waals surface area contributed by atoms with Crippen LogP contribution in [-0.4, -0.2) is 21.5 Å². The topological polar surface area (TPSA) is 72.5 Å². The van der Waals surface area contributed by atoms with Crippen LogP contribution in [0.25, 0.3) is 0 Å². The van der Waals surface area contributed by atoms with E-state index in [1.54, 1.807) is 13.0 Å². The zero-order valence-corrected chi connectivity index (χ0v) is 17.4. The first-order chi connectivity index (χ1) is 13.8. The van der Waals surface area contributed by atoms with Gasteiger partial charge in [0, 0.05) is 0 Å². The molecule has 29 heavy (non-hydrogen) atoms. The van der Waals surface area contributed by atoms with Gasteiger partial charge in [0.25, 0.3) is 0 Å². The standard InChI is InChI=1S/C23H23NO4S/c1-16-9-7-8-12-20(16)22(18-10-5-4-6-11-18)24-29(26,27)19-14-13-17(2)21(15-19)23(25)28-3/h4-15,22,24H,1-3H3/t22-/m0/s1. The van der Waals surface area contributed by atoms with Gasteiger partial charge in [-0.3, -0.25) is 0 Å². The normalized spacial score (nSPS) is 12.4. The molecule has 1 N–H and O–H groups in total. The van der Waals surface area contributed by atoms with Crippen LogP contribution in [-0.2, 0) is 14.8 Å². The molecule has 0 saturated heterocycles. The van der Waals surface area contributed by atoms with Gasteiger partial charge in [0.2, 0.25) is 10.0 Å². The van der Waals surface area contributed by atoms with Crippen LogP contribution >= 0.6 is 0 Å². The highest BCUT2D eigenvalue weighted by molar-refractivity contribution is 7.89. The van der Waals surface area contributed by atoms with Crippen molar-refractivity contribution in [2.45, 2.75) is 24.8 Å². The molecule has 3 aromatic rings. The third-order valence-electron chi connectivity index (χ3n) is 4.83. The van der Waals surface area contributed by atoms with Crippen LogP contribution < -0.4 is 4.72 Å². The average molecular weight is 410 g/mol. The highest BCUT2D eigenvalue weighted by Crippen LogP contribution is 2.27. The summed E-state index contributed by atoms with van der Waals surface area (Å²) in [7, 11) is -2.64. The number of benzene rings is 3. The summed E-state index contributed by atoms with van der Waals surface area (Å²) in [6.07, 6.45) is 0. The Labute approximate surface area is 171 Å². The molecule has 0 aliphatic rings. The molecule has 0 aliphatic heterocycles. The lowest BCUT2D eigenvalue weighted by atomic mass is 9.96. The van der Waals surface area contributed by atoms with E-state index in [1.807, 2.05) is 61.5 Å². The Kier molecular flexibility index (Phi) is 6.15. The maximum Gasteiger partial charge on any atom is 0.338 e. The minimum Gasteiger partial charge on any atom is -0.465 e. The summed E-state index contributed by atoms with van der Waals surface area (Å²) in [6, 6.07) is 20.9. The van der Waals surface area contributed by atoms with Crippen molar-refractivity contribution in [2.24, 2.45) is 0 Å². The molecule has 150 valence electrons. The third kappa shape index (κ3) is 4.55. The van der Waals surface area contributed by atoms with E-state index in [4.69, 9.17) is 4.74 Å². The number of carbonyl (C=O) groups is 1. The number of hydrogen-bond acceptors (Lipinski definition) is 4. The van der Waals surface area contributed by atoms with Gasteiger partial charge < -0.3 is 4.74 Å². The van der Waals surface area contributed by atoms with Crippen molar-refractivity contribution in [1.82, 2.24) is 4.72 Å². The van der Waals surface area contributed by atoms with Crippen molar-refractivity contribution in [3.63, 3.8) is 0 Å². The second-order valence-corrected chi connectivity index (χ2v) is 8.50. The first-order valence-corrected chi connectivity index (χ1v) is 10.6. The molecule has 6 heteroatoms.